The highest BCUT2D eigenvalue weighted by atomic mass is 35.5. The van der Waals surface area contributed by atoms with Crippen molar-refractivity contribution >= 4 is 46.4 Å². The molecule has 1 unspecified atom stereocenters. The van der Waals surface area contributed by atoms with Crippen LogP contribution in [0, 0.1) is 0 Å². The smallest absolute Gasteiger partial charge is 0.271 e. The van der Waals surface area contributed by atoms with Crippen molar-refractivity contribution in [2.24, 2.45) is 10.7 Å². The van der Waals surface area contributed by atoms with E-state index in [1.54, 1.807) is 12.1 Å². The number of hydrogen-bond donors (Lipinski definition) is 3. The number of rotatable bonds is 4. The molecule has 0 spiro atoms. The average molecular weight is 406 g/mol. The minimum absolute atomic E-state index is 0.0592. The van der Waals surface area contributed by atoms with E-state index in [1.165, 1.54) is 0 Å². The van der Waals surface area contributed by atoms with Crippen LogP contribution >= 0.6 is 23.2 Å². The third kappa shape index (κ3) is 4.64. The van der Waals surface area contributed by atoms with Crippen molar-refractivity contribution in [1.29, 1.82) is 0 Å². The number of carbonyl (C=O) groups is 1. The molecule has 0 aromatic heterocycles. The van der Waals surface area contributed by atoms with E-state index in [2.05, 4.69) is 15.2 Å². The first-order valence-electron chi connectivity index (χ1n) is 8.62. The van der Waals surface area contributed by atoms with Crippen LogP contribution in [0.5, 0.6) is 0 Å². The molecule has 5 N–H and O–H groups in total. The highest BCUT2D eigenvalue weighted by Gasteiger charge is 2.30. The molecule has 2 aromatic rings. The lowest BCUT2D eigenvalue weighted by atomic mass is 10.2. The van der Waals surface area contributed by atoms with Crippen molar-refractivity contribution < 1.29 is 4.79 Å². The van der Waals surface area contributed by atoms with Crippen LogP contribution in [0.25, 0.3) is 0 Å². The second kappa shape index (κ2) is 8.50. The number of amides is 1. The molecule has 27 heavy (non-hydrogen) atoms. The van der Waals surface area contributed by atoms with Gasteiger partial charge in [0.15, 0.2) is 5.96 Å². The van der Waals surface area contributed by atoms with E-state index >= 15 is 0 Å². The van der Waals surface area contributed by atoms with Crippen LogP contribution in [0.1, 0.15) is 18.4 Å². The molecule has 1 atom stereocenters. The number of nitrogens with zero attached hydrogens (tertiary/aromatic N) is 2. The SMILES string of the molecule is NC(=NC(=O)C1CCCN1c1ccccc1)NCc1cc(Cl)c(N)c(Cl)c1. The van der Waals surface area contributed by atoms with Crippen molar-refractivity contribution in [3.05, 3.63) is 58.1 Å². The van der Waals surface area contributed by atoms with Gasteiger partial charge < -0.3 is 21.7 Å². The summed E-state index contributed by atoms with van der Waals surface area (Å²) in [4.78, 5) is 18.7. The topological polar surface area (TPSA) is 96.7 Å². The van der Waals surface area contributed by atoms with Crippen LogP contribution in [0.2, 0.25) is 10.0 Å². The number of guanidine groups is 1. The van der Waals surface area contributed by atoms with Crippen LogP contribution in [0.3, 0.4) is 0 Å². The molecular weight excluding hydrogens is 385 g/mol. The first-order chi connectivity index (χ1) is 13.0. The molecule has 1 heterocycles. The number of aliphatic imine (C=N–C) groups is 1. The highest BCUT2D eigenvalue weighted by molar-refractivity contribution is 6.38. The number of carbonyl (C=O) groups excluding carboxylic acids is 1. The third-order valence-corrected chi connectivity index (χ3v) is 5.09. The second-order valence-electron chi connectivity index (χ2n) is 6.35. The Labute approximate surface area is 168 Å². The lowest BCUT2D eigenvalue weighted by molar-refractivity contribution is -0.118. The van der Waals surface area contributed by atoms with Crippen molar-refractivity contribution in [1.82, 2.24) is 5.32 Å². The first-order valence-corrected chi connectivity index (χ1v) is 9.38. The molecular formula is C19H21Cl2N5O. The van der Waals surface area contributed by atoms with E-state index in [9.17, 15) is 4.79 Å². The summed E-state index contributed by atoms with van der Waals surface area (Å²) in [6.45, 7) is 1.15. The largest absolute Gasteiger partial charge is 0.396 e. The Morgan fingerprint density at radius 1 is 1.22 bits per heavy atom. The molecule has 3 rings (SSSR count). The molecule has 1 saturated heterocycles. The quantitative estimate of drug-likeness (QED) is 0.412. The van der Waals surface area contributed by atoms with Gasteiger partial charge in [0.1, 0.15) is 6.04 Å². The Hall–Kier alpha value is -2.44. The molecule has 2 aromatic carbocycles. The Morgan fingerprint density at radius 3 is 2.56 bits per heavy atom. The molecule has 142 valence electrons. The summed E-state index contributed by atoms with van der Waals surface area (Å²) in [6.07, 6.45) is 1.70. The van der Waals surface area contributed by atoms with Gasteiger partial charge in [-0.2, -0.15) is 4.99 Å². The predicted octanol–water partition coefficient (Wildman–Crippen LogP) is 3.18. The summed E-state index contributed by atoms with van der Waals surface area (Å²) in [7, 11) is 0. The number of anilines is 2. The normalized spacial score (nSPS) is 17.2. The van der Waals surface area contributed by atoms with E-state index < -0.39 is 0 Å². The van der Waals surface area contributed by atoms with Crippen molar-refractivity contribution in [3.63, 3.8) is 0 Å². The van der Waals surface area contributed by atoms with E-state index in [-0.39, 0.29) is 17.9 Å². The minimum Gasteiger partial charge on any atom is -0.396 e. The summed E-state index contributed by atoms with van der Waals surface area (Å²) < 4.78 is 0. The fraction of sp³-hybridized carbons (Fsp3) is 0.263. The Balaban J connectivity index is 1.64. The predicted molar refractivity (Wildman–Crippen MR) is 111 cm³/mol. The average Bonchev–Trinajstić information content (AvgIpc) is 3.15. The number of nitrogens with one attached hydrogen (secondary N) is 1. The van der Waals surface area contributed by atoms with Gasteiger partial charge in [-0.1, -0.05) is 41.4 Å². The molecule has 0 saturated carbocycles. The molecule has 1 aliphatic rings. The first kappa shape index (κ1) is 19.3. The maximum absolute atomic E-state index is 12.6. The third-order valence-electron chi connectivity index (χ3n) is 4.47. The lowest BCUT2D eigenvalue weighted by Crippen LogP contribution is -2.38. The molecule has 1 amide bonds. The molecule has 0 bridgehead atoms. The summed E-state index contributed by atoms with van der Waals surface area (Å²) in [5, 5.41) is 3.65. The zero-order chi connectivity index (χ0) is 19.4. The Kier molecular flexibility index (Phi) is 6.08. The fourth-order valence-corrected chi connectivity index (χ4v) is 3.65. The van der Waals surface area contributed by atoms with Crippen LogP contribution in [0.4, 0.5) is 11.4 Å². The maximum atomic E-state index is 12.6. The van der Waals surface area contributed by atoms with E-state index in [1.807, 2.05) is 30.3 Å². The zero-order valence-electron chi connectivity index (χ0n) is 14.7. The van der Waals surface area contributed by atoms with Crippen LogP contribution in [-0.4, -0.2) is 24.5 Å². The monoisotopic (exact) mass is 405 g/mol. The van der Waals surface area contributed by atoms with Gasteiger partial charge in [0.2, 0.25) is 0 Å². The van der Waals surface area contributed by atoms with Gasteiger partial charge in [-0.05, 0) is 42.7 Å². The van der Waals surface area contributed by atoms with Gasteiger partial charge in [0, 0.05) is 18.8 Å². The minimum atomic E-state index is -0.298. The summed E-state index contributed by atoms with van der Waals surface area (Å²) >= 11 is 12.0. The maximum Gasteiger partial charge on any atom is 0.271 e. The number of hydrogen-bond acceptors (Lipinski definition) is 3. The van der Waals surface area contributed by atoms with Crippen LogP contribution in [-0.2, 0) is 11.3 Å². The van der Waals surface area contributed by atoms with Gasteiger partial charge >= 0.3 is 0 Å². The van der Waals surface area contributed by atoms with Gasteiger partial charge in [0.25, 0.3) is 5.91 Å². The van der Waals surface area contributed by atoms with Gasteiger partial charge in [-0.15, -0.1) is 0 Å². The van der Waals surface area contributed by atoms with Crippen molar-refractivity contribution in [3.8, 4) is 0 Å². The number of benzene rings is 2. The molecule has 8 heteroatoms. The molecule has 0 aliphatic carbocycles. The second-order valence-corrected chi connectivity index (χ2v) is 7.16. The van der Waals surface area contributed by atoms with E-state index in [4.69, 9.17) is 34.7 Å². The Bertz CT molecular complexity index is 833. The van der Waals surface area contributed by atoms with Gasteiger partial charge in [0.05, 0.1) is 15.7 Å². The van der Waals surface area contributed by atoms with Crippen LogP contribution < -0.4 is 21.7 Å². The van der Waals surface area contributed by atoms with Crippen molar-refractivity contribution in [2.75, 3.05) is 17.2 Å². The summed E-state index contributed by atoms with van der Waals surface area (Å²) in [5.74, 6) is -0.196. The molecule has 0 radical (unpaired) electrons. The van der Waals surface area contributed by atoms with E-state index in [0.29, 0.717) is 22.3 Å². The van der Waals surface area contributed by atoms with Crippen molar-refractivity contribution in [2.45, 2.75) is 25.4 Å². The number of nitrogens with two attached hydrogens (primary N) is 2. The van der Waals surface area contributed by atoms with Gasteiger partial charge in [-0.3, -0.25) is 4.79 Å². The lowest BCUT2D eigenvalue weighted by Gasteiger charge is -2.24. The van der Waals surface area contributed by atoms with E-state index in [0.717, 1.165) is 30.6 Å². The standard InChI is InChI=1S/C19H21Cl2N5O/c20-14-9-12(10-15(21)17(14)22)11-24-19(23)25-18(27)16-7-4-8-26(16)13-5-2-1-3-6-13/h1-3,5-6,9-10,16H,4,7-8,11,22H2,(H3,23,24,25,27). The Morgan fingerprint density at radius 2 is 1.89 bits per heavy atom. The molecule has 1 aliphatic heterocycles. The molecule has 6 nitrogen and oxygen atoms in total. The molecule has 1 fully saturated rings. The fourth-order valence-electron chi connectivity index (χ4n) is 3.12. The van der Waals surface area contributed by atoms with Gasteiger partial charge in [-0.25, -0.2) is 0 Å². The highest BCUT2D eigenvalue weighted by Crippen LogP contribution is 2.29. The number of halogens is 2. The number of nitrogen functional groups attached to an aromatic ring is 1. The summed E-state index contributed by atoms with van der Waals surface area (Å²) in [5.41, 5.74) is 13.7. The zero-order valence-corrected chi connectivity index (χ0v) is 16.2. The number of para-hydroxylation sites is 1. The van der Waals surface area contributed by atoms with Crippen LogP contribution in [0.15, 0.2) is 47.5 Å². The summed E-state index contributed by atoms with van der Waals surface area (Å²) in [6, 6.07) is 12.9.